The van der Waals surface area contributed by atoms with Crippen LogP contribution in [0.5, 0.6) is 0 Å². The Morgan fingerprint density at radius 1 is 1.31 bits per heavy atom. The summed E-state index contributed by atoms with van der Waals surface area (Å²) in [6.07, 6.45) is 6.58. The Labute approximate surface area is 177 Å². The summed E-state index contributed by atoms with van der Waals surface area (Å²) in [6, 6.07) is 4.00. The van der Waals surface area contributed by atoms with Crippen molar-refractivity contribution in [3.8, 4) is 0 Å². The average Bonchev–Trinajstić information content (AvgIpc) is 3.01. The van der Waals surface area contributed by atoms with E-state index in [0.29, 0.717) is 5.15 Å². The molecule has 0 aromatic carbocycles. The second-order valence-electron chi connectivity index (χ2n) is 6.05. The minimum absolute atomic E-state index is 0. The maximum atomic E-state index is 5.80. The molecule has 2 heterocycles. The number of hydrogen-bond acceptors (Lipinski definition) is 4. The summed E-state index contributed by atoms with van der Waals surface area (Å²) >= 11 is 5.80. The molecule has 144 valence electrons. The molecular formula is C17H27ClIN7. The highest BCUT2D eigenvalue weighted by Gasteiger charge is 2.16. The smallest absolute Gasteiger partial charge is 0.191 e. The molecule has 1 atom stereocenters. The molecule has 2 rings (SSSR count). The van der Waals surface area contributed by atoms with Gasteiger partial charge in [-0.25, -0.2) is 4.98 Å². The molecule has 0 fully saturated rings. The second kappa shape index (κ2) is 11.3. The Balaban J connectivity index is 0.00000338. The van der Waals surface area contributed by atoms with Crippen LogP contribution in [0, 0.1) is 0 Å². The highest BCUT2D eigenvalue weighted by Crippen LogP contribution is 2.15. The third-order valence-corrected chi connectivity index (χ3v) is 4.14. The number of aryl methyl sites for hydroxylation is 1. The maximum absolute atomic E-state index is 5.80. The molecule has 0 saturated carbocycles. The zero-order valence-electron chi connectivity index (χ0n) is 15.6. The molecule has 0 aliphatic rings. The van der Waals surface area contributed by atoms with Gasteiger partial charge in [-0.05, 0) is 32.1 Å². The number of aromatic nitrogens is 3. The molecule has 7 nitrogen and oxygen atoms in total. The van der Waals surface area contributed by atoms with Crippen molar-refractivity contribution in [1.82, 2.24) is 30.3 Å². The normalized spacial score (nSPS) is 12.6. The number of pyridine rings is 1. The Morgan fingerprint density at radius 3 is 2.62 bits per heavy atom. The van der Waals surface area contributed by atoms with Crippen LogP contribution in [0.15, 0.2) is 35.7 Å². The van der Waals surface area contributed by atoms with Crippen molar-refractivity contribution in [2.75, 3.05) is 34.2 Å². The number of hydrogen-bond donors (Lipinski definition) is 2. The molecule has 2 aromatic heterocycles. The van der Waals surface area contributed by atoms with Gasteiger partial charge in [0.15, 0.2) is 5.96 Å². The van der Waals surface area contributed by atoms with E-state index in [4.69, 9.17) is 11.6 Å². The quantitative estimate of drug-likeness (QED) is 0.269. The lowest BCUT2D eigenvalue weighted by atomic mass is 10.1. The minimum atomic E-state index is 0. The van der Waals surface area contributed by atoms with Crippen molar-refractivity contribution >= 4 is 41.5 Å². The van der Waals surface area contributed by atoms with Crippen LogP contribution in [0.3, 0.4) is 0 Å². The zero-order valence-corrected chi connectivity index (χ0v) is 18.7. The lowest BCUT2D eigenvalue weighted by Gasteiger charge is -2.24. The molecule has 0 aliphatic carbocycles. The second-order valence-corrected chi connectivity index (χ2v) is 6.43. The van der Waals surface area contributed by atoms with Crippen molar-refractivity contribution < 1.29 is 0 Å². The van der Waals surface area contributed by atoms with Crippen molar-refractivity contribution in [1.29, 1.82) is 0 Å². The van der Waals surface area contributed by atoms with Gasteiger partial charge in [0.05, 0.1) is 12.2 Å². The predicted molar refractivity (Wildman–Crippen MR) is 117 cm³/mol. The molecule has 0 amide bonds. The molecule has 26 heavy (non-hydrogen) atoms. The van der Waals surface area contributed by atoms with E-state index >= 15 is 0 Å². The van der Waals surface area contributed by atoms with Gasteiger partial charge in [0.25, 0.3) is 0 Å². The molecule has 0 bridgehead atoms. The summed E-state index contributed by atoms with van der Waals surface area (Å²) in [4.78, 5) is 10.5. The van der Waals surface area contributed by atoms with Crippen LogP contribution < -0.4 is 10.6 Å². The summed E-state index contributed by atoms with van der Waals surface area (Å²) in [5.74, 6) is 0.776. The summed E-state index contributed by atoms with van der Waals surface area (Å²) in [5.41, 5.74) is 2.30. The Morgan fingerprint density at radius 2 is 2.08 bits per heavy atom. The van der Waals surface area contributed by atoms with Gasteiger partial charge >= 0.3 is 0 Å². The SMILES string of the molecule is CN=C(NCCc1ccc(Cl)nc1)NCC(c1cnn(C)c1)N(C)C.I. The van der Waals surface area contributed by atoms with Gasteiger partial charge in [-0.15, -0.1) is 24.0 Å². The Hall–Kier alpha value is -1.39. The van der Waals surface area contributed by atoms with Crippen LogP contribution in [-0.4, -0.2) is 59.9 Å². The fourth-order valence-corrected chi connectivity index (χ4v) is 2.62. The molecule has 0 radical (unpaired) electrons. The first kappa shape index (κ1) is 22.7. The van der Waals surface area contributed by atoms with Gasteiger partial charge in [-0.1, -0.05) is 17.7 Å². The Bertz CT molecular complexity index is 685. The summed E-state index contributed by atoms with van der Waals surface area (Å²) in [6.45, 7) is 1.50. The van der Waals surface area contributed by atoms with Crippen LogP contribution in [0.1, 0.15) is 17.2 Å². The van der Waals surface area contributed by atoms with E-state index in [0.717, 1.165) is 31.0 Å². The summed E-state index contributed by atoms with van der Waals surface area (Å²) < 4.78 is 1.82. The van der Waals surface area contributed by atoms with Gasteiger partial charge in [0, 0.05) is 45.1 Å². The highest BCUT2D eigenvalue weighted by molar-refractivity contribution is 14.0. The third-order valence-electron chi connectivity index (χ3n) is 3.91. The van der Waals surface area contributed by atoms with E-state index in [-0.39, 0.29) is 30.0 Å². The summed E-state index contributed by atoms with van der Waals surface area (Å²) in [5, 5.41) is 11.5. The first-order chi connectivity index (χ1) is 12.0. The van der Waals surface area contributed by atoms with Crippen LogP contribution in [-0.2, 0) is 13.5 Å². The average molecular weight is 492 g/mol. The van der Waals surface area contributed by atoms with Crippen molar-refractivity contribution in [2.24, 2.45) is 12.0 Å². The number of nitrogens with zero attached hydrogens (tertiary/aromatic N) is 5. The van der Waals surface area contributed by atoms with E-state index in [9.17, 15) is 0 Å². The fourth-order valence-electron chi connectivity index (χ4n) is 2.50. The zero-order chi connectivity index (χ0) is 18.2. The Kier molecular flexibility index (Phi) is 9.89. The molecular weight excluding hydrogens is 465 g/mol. The van der Waals surface area contributed by atoms with E-state index in [1.54, 1.807) is 19.3 Å². The maximum Gasteiger partial charge on any atom is 0.191 e. The number of rotatable bonds is 7. The van der Waals surface area contributed by atoms with Crippen molar-refractivity contribution in [3.05, 3.63) is 47.0 Å². The molecule has 0 saturated heterocycles. The van der Waals surface area contributed by atoms with Crippen LogP contribution in [0.2, 0.25) is 5.15 Å². The summed E-state index contributed by atoms with van der Waals surface area (Å²) in [7, 11) is 7.82. The van der Waals surface area contributed by atoms with Gasteiger partial charge in [-0.2, -0.15) is 5.10 Å². The molecule has 2 aromatic rings. The number of guanidine groups is 1. The first-order valence-corrected chi connectivity index (χ1v) is 8.57. The van der Waals surface area contributed by atoms with Crippen LogP contribution in [0.25, 0.3) is 0 Å². The third kappa shape index (κ3) is 7.08. The lowest BCUT2D eigenvalue weighted by Crippen LogP contribution is -2.42. The van der Waals surface area contributed by atoms with Gasteiger partial charge < -0.3 is 15.5 Å². The largest absolute Gasteiger partial charge is 0.356 e. The number of halogens is 2. The molecule has 0 aliphatic heterocycles. The standard InChI is InChI=1S/C17H26ClN7.HI/c1-19-17(20-8-7-13-5-6-16(18)21-9-13)22-11-15(24(2)3)14-10-23-25(4)12-14;/h5-6,9-10,12,15H,7-8,11H2,1-4H3,(H2,19,20,22);1H. The van der Waals surface area contributed by atoms with Gasteiger partial charge in [0.2, 0.25) is 0 Å². The lowest BCUT2D eigenvalue weighted by molar-refractivity contribution is 0.298. The molecule has 2 N–H and O–H groups in total. The number of likely N-dealkylation sites (N-methyl/N-ethyl adjacent to an activating group) is 1. The van der Waals surface area contributed by atoms with Crippen LogP contribution >= 0.6 is 35.6 Å². The molecule has 9 heteroatoms. The topological polar surface area (TPSA) is 70.4 Å². The van der Waals surface area contributed by atoms with Crippen LogP contribution in [0.4, 0.5) is 0 Å². The monoisotopic (exact) mass is 491 g/mol. The van der Waals surface area contributed by atoms with E-state index < -0.39 is 0 Å². The van der Waals surface area contributed by atoms with Gasteiger partial charge in [0.1, 0.15) is 5.15 Å². The van der Waals surface area contributed by atoms with Gasteiger partial charge in [-0.3, -0.25) is 9.67 Å². The molecule has 0 spiro atoms. The van der Waals surface area contributed by atoms with Crippen molar-refractivity contribution in [3.63, 3.8) is 0 Å². The highest BCUT2D eigenvalue weighted by atomic mass is 127. The minimum Gasteiger partial charge on any atom is -0.356 e. The van der Waals surface area contributed by atoms with E-state index in [2.05, 4.69) is 44.7 Å². The number of aliphatic imine (C=N–C) groups is 1. The predicted octanol–water partition coefficient (Wildman–Crippen LogP) is 2.10. The van der Waals surface area contributed by atoms with E-state index in [1.165, 1.54) is 5.56 Å². The fraction of sp³-hybridized carbons (Fsp3) is 0.471. The van der Waals surface area contributed by atoms with E-state index in [1.807, 2.05) is 30.2 Å². The first-order valence-electron chi connectivity index (χ1n) is 8.19. The molecule has 1 unspecified atom stereocenters. The number of nitrogens with one attached hydrogen (secondary N) is 2. The van der Waals surface area contributed by atoms with Crippen molar-refractivity contribution in [2.45, 2.75) is 12.5 Å².